The van der Waals surface area contributed by atoms with E-state index in [1.807, 2.05) is 51.1 Å². The van der Waals surface area contributed by atoms with Crippen LogP contribution in [0.3, 0.4) is 0 Å². The fourth-order valence-corrected chi connectivity index (χ4v) is 4.02. The number of para-hydroxylation sites is 1. The molecule has 7 nitrogen and oxygen atoms in total. The minimum atomic E-state index is -0.799. The molecule has 1 amide bonds. The van der Waals surface area contributed by atoms with E-state index in [-0.39, 0.29) is 17.6 Å². The Bertz CT molecular complexity index is 1160. The molecule has 0 aliphatic carbocycles. The van der Waals surface area contributed by atoms with Crippen LogP contribution in [0.2, 0.25) is 0 Å². The maximum absolute atomic E-state index is 13.4. The zero-order chi connectivity index (χ0) is 20.9. The predicted octanol–water partition coefficient (Wildman–Crippen LogP) is 3.24. The molecular formula is C22H24N4O3. The van der Waals surface area contributed by atoms with Crippen molar-refractivity contribution in [3.8, 4) is 11.3 Å². The molecular weight excluding hydrogens is 368 g/mol. The maximum atomic E-state index is 13.4. The van der Waals surface area contributed by atoms with Gasteiger partial charge in [0, 0.05) is 17.3 Å². The number of benzene rings is 1. The number of furan rings is 1. The van der Waals surface area contributed by atoms with Crippen molar-refractivity contribution in [2.75, 3.05) is 10.6 Å². The maximum Gasteiger partial charge on any atom is 0.290 e. The summed E-state index contributed by atoms with van der Waals surface area (Å²) < 4.78 is 6.76. The Hall–Kier alpha value is -3.35. The fourth-order valence-electron chi connectivity index (χ4n) is 4.02. The van der Waals surface area contributed by atoms with Crippen LogP contribution in [0.25, 0.3) is 11.3 Å². The van der Waals surface area contributed by atoms with Gasteiger partial charge in [-0.25, -0.2) is 4.68 Å². The molecule has 0 bridgehead atoms. The second-order valence-electron chi connectivity index (χ2n) is 7.63. The molecule has 4 rings (SSSR count). The highest BCUT2D eigenvalue weighted by Gasteiger charge is 2.34. The van der Waals surface area contributed by atoms with Crippen molar-refractivity contribution >= 4 is 17.3 Å². The van der Waals surface area contributed by atoms with E-state index >= 15 is 0 Å². The van der Waals surface area contributed by atoms with Gasteiger partial charge in [-0.3, -0.25) is 9.59 Å². The van der Waals surface area contributed by atoms with Crippen LogP contribution in [-0.4, -0.2) is 21.7 Å². The topological polar surface area (TPSA) is 94.4 Å². The third kappa shape index (κ3) is 3.12. The molecule has 2 atom stereocenters. The van der Waals surface area contributed by atoms with E-state index in [4.69, 9.17) is 10.2 Å². The smallest absolute Gasteiger partial charge is 0.290 e. The number of carbonyl (C=O) groups excluding carboxylic acids is 1. The first kappa shape index (κ1) is 19.0. The summed E-state index contributed by atoms with van der Waals surface area (Å²) in [5.41, 5.74) is 8.81. The first-order chi connectivity index (χ1) is 13.8. The summed E-state index contributed by atoms with van der Waals surface area (Å²) in [4.78, 5) is 27.8. The number of amides is 1. The first-order valence-corrected chi connectivity index (χ1v) is 9.65. The predicted molar refractivity (Wildman–Crippen MR) is 112 cm³/mol. The standard InChI is InChI=1S/C22H24N4O3/c1-12-9-16-7-5-6-8-20(16)25(12)21(27)14(3)26-22(28)18(23)11-19(24-26)17-10-13(2)29-15(17)4/h5-8,10-12,14H,9,23H2,1-4H3/t12-,14+/m0/s1. The molecule has 150 valence electrons. The van der Waals surface area contributed by atoms with E-state index in [1.54, 1.807) is 11.8 Å². The number of nitrogen functional groups attached to an aromatic ring is 1. The quantitative estimate of drug-likeness (QED) is 0.738. The highest BCUT2D eigenvalue weighted by atomic mass is 16.3. The van der Waals surface area contributed by atoms with Crippen molar-refractivity contribution in [2.24, 2.45) is 0 Å². The Kier molecular flexibility index (Phi) is 4.53. The molecule has 3 heterocycles. The lowest BCUT2D eigenvalue weighted by Crippen LogP contribution is -2.43. The lowest BCUT2D eigenvalue weighted by atomic mass is 10.1. The number of nitrogens with zero attached hydrogens (tertiary/aromatic N) is 3. The molecule has 0 spiro atoms. The Labute approximate surface area is 168 Å². The largest absolute Gasteiger partial charge is 0.466 e. The summed E-state index contributed by atoms with van der Waals surface area (Å²) in [5.74, 6) is 1.23. The van der Waals surface area contributed by atoms with Gasteiger partial charge in [-0.2, -0.15) is 5.10 Å². The van der Waals surface area contributed by atoms with Crippen molar-refractivity contribution in [1.82, 2.24) is 9.78 Å². The van der Waals surface area contributed by atoms with Crippen molar-refractivity contribution in [3.63, 3.8) is 0 Å². The minimum Gasteiger partial charge on any atom is -0.466 e. The van der Waals surface area contributed by atoms with Gasteiger partial charge in [0.05, 0.1) is 5.69 Å². The van der Waals surface area contributed by atoms with Gasteiger partial charge in [0.15, 0.2) is 0 Å². The molecule has 1 aromatic carbocycles. The number of aryl methyl sites for hydroxylation is 2. The van der Waals surface area contributed by atoms with Gasteiger partial charge in [-0.1, -0.05) is 18.2 Å². The third-order valence-electron chi connectivity index (χ3n) is 5.45. The lowest BCUT2D eigenvalue weighted by molar-refractivity contribution is -0.121. The summed E-state index contributed by atoms with van der Waals surface area (Å²) in [7, 11) is 0. The molecule has 0 radical (unpaired) electrons. The van der Waals surface area contributed by atoms with Gasteiger partial charge in [0.25, 0.3) is 11.5 Å². The van der Waals surface area contributed by atoms with Crippen molar-refractivity contribution in [1.29, 1.82) is 0 Å². The van der Waals surface area contributed by atoms with E-state index in [2.05, 4.69) is 5.10 Å². The summed E-state index contributed by atoms with van der Waals surface area (Å²) in [5, 5.41) is 4.47. The van der Waals surface area contributed by atoms with Crippen molar-refractivity contribution in [3.05, 3.63) is 63.8 Å². The number of rotatable bonds is 3. The van der Waals surface area contributed by atoms with Crippen LogP contribution < -0.4 is 16.2 Å². The zero-order valence-corrected chi connectivity index (χ0v) is 17.0. The van der Waals surface area contributed by atoms with Crippen LogP contribution in [0.5, 0.6) is 0 Å². The number of hydrogen-bond acceptors (Lipinski definition) is 5. The molecule has 0 fully saturated rings. The Morgan fingerprint density at radius 1 is 1.28 bits per heavy atom. The molecule has 29 heavy (non-hydrogen) atoms. The van der Waals surface area contributed by atoms with Gasteiger partial charge >= 0.3 is 0 Å². The van der Waals surface area contributed by atoms with Crippen molar-refractivity contribution in [2.45, 2.75) is 46.2 Å². The van der Waals surface area contributed by atoms with Crippen LogP contribution in [-0.2, 0) is 11.2 Å². The first-order valence-electron chi connectivity index (χ1n) is 9.65. The van der Waals surface area contributed by atoms with E-state index in [9.17, 15) is 9.59 Å². The van der Waals surface area contributed by atoms with Gasteiger partial charge in [0.1, 0.15) is 23.2 Å². The van der Waals surface area contributed by atoms with Crippen LogP contribution >= 0.6 is 0 Å². The van der Waals surface area contributed by atoms with Gasteiger partial charge in [-0.05, 0) is 57.9 Å². The molecule has 0 unspecified atom stereocenters. The SMILES string of the molecule is Cc1cc(-c2cc(N)c(=O)n([C@H](C)C(=O)N3c4ccccc4C[C@@H]3C)n2)c(C)o1. The van der Waals surface area contributed by atoms with Gasteiger partial charge < -0.3 is 15.1 Å². The Morgan fingerprint density at radius 3 is 2.69 bits per heavy atom. The average Bonchev–Trinajstić information content (AvgIpc) is 3.20. The minimum absolute atomic E-state index is 0.0114. The summed E-state index contributed by atoms with van der Waals surface area (Å²) in [6.45, 7) is 7.35. The number of nitrogens with two attached hydrogens (primary N) is 1. The van der Waals surface area contributed by atoms with E-state index in [1.165, 1.54) is 10.7 Å². The highest BCUT2D eigenvalue weighted by molar-refractivity contribution is 5.98. The second kappa shape index (κ2) is 6.92. The van der Waals surface area contributed by atoms with Crippen molar-refractivity contribution < 1.29 is 9.21 Å². The van der Waals surface area contributed by atoms with E-state index < -0.39 is 11.6 Å². The van der Waals surface area contributed by atoms with Gasteiger partial charge in [0.2, 0.25) is 0 Å². The molecule has 7 heteroatoms. The Balaban J connectivity index is 1.76. The molecule has 1 aliphatic heterocycles. The molecule has 1 aliphatic rings. The number of hydrogen-bond donors (Lipinski definition) is 1. The third-order valence-corrected chi connectivity index (χ3v) is 5.45. The molecule has 0 saturated heterocycles. The number of fused-ring (bicyclic) bond motifs is 1. The summed E-state index contributed by atoms with van der Waals surface area (Å²) in [6.07, 6.45) is 0.784. The zero-order valence-electron chi connectivity index (χ0n) is 17.0. The molecule has 0 saturated carbocycles. The van der Waals surface area contributed by atoms with E-state index in [0.29, 0.717) is 11.5 Å². The number of aromatic nitrogens is 2. The molecule has 2 N–H and O–H groups in total. The highest BCUT2D eigenvalue weighted by Crippen LogP contribution is 2.33. The van der Waals surface area contributed by atoms with Crippen LogP contribution in [0.4, 0.5) is 11.4 Å². The molecule has 3 aromatic rings. The van der Waals surface area contributed by atoms with Crippen LogP contribution in [0, 0.1) is 13.8 Å². The van der Waals surface area contributed by atoms with Crippen LogP contribution in [0.1, 0.15) is 37.0 Å². The molecule has 2 aromatic heterocycles. The van der Waals surface area contributed by atoms with Crippen LogP contribution in [0.15, 0.2) is 45.6 Å². The monoisotopic (exact) mass is 392 g/mol. The van der Waals surface area contributed by atoms with E-state index in [0.717, 1.165) is 29.0 Å². The average molecular weight is 392 g/mol. The summed E-state index contributed by atoms with van der Waals surface area (Å²) in [6, 6.07) is 10.4. The Morgan fingerprint density at radius 2 is 2.00 bits per heavy atom. The normalized spacial score (nSPS) is 16.7. The summed E-state index contributed by atoms with van der Waals surface area (Å²) >= 11 is 0. The number of carbonyl (C=O) groups is 1. The second-order valence-corrected chi connectivity index (χ2v) is 7.63. The number of anilines is 2. The lowest BCUT2D eigenvalue weighted by Gasteiger charge is -2.26. The van der Waals surface area contributed by atoms with Gasteiger partial charge in [-0.15, -0.1) is 0 Å². The fraction of sp³-hybridized carbons (Fsp3) is 0.318.